The summed E-state index contributed by atoms with van der Waals surface area (Å²) < 4.78 is 14.3. The molecule has 1 aromatic heterocycles. The minimum absolute atomic E-state index is 0.0706. The Hall–Kier alpha value is -1.96. The average molecular weight is 299 g/mol. The molecule has 8 heteroatoms. The summed E-state index contributed by atoms with van der Waals surface area (Å²) in [7, 11) is 2.56. The number of hydrogen-bond acceptors (Lipinski definition) is 8. The van der Waals surface area contributed by atoms with Crippen molar-refractivity contribution in [2.45, 2.75) is 32.7 Å². The van der Waals surface area contributed by atoms with Gasteiger partial charge in [0.15, 0.2) is 5.82 Å². The highest BCUT2D eigenvalue weighted by molar-refractivity contribution is 5.74. The first-order chi connectivity index (χ1) is 9.76. The molecule has 1 heterocycles. The number of carbonyl (C=O) groups excluding carboxylic acids is 2. The first-order valence-electron chi connectivity index (χ1n) is 6.45. The van der Waals surface area contributed by atoms with E-state index in [0.717, 1.165) is 0 Å². The lowest BCUT2D eigenvalue weighted by molar-refractivity contribution is -0.145. The molecule has 0 radical (unpaired) electrons. The highest BCUT2D eigenvalue weighted by Crippen LogP contribution is 2.18. The maximum absolute atomic E-state index is 11.4. The quantitative estimate of drug-likeness (QED) is 0.701. The Morgan fingerprint density at radius 3 is 2.05 bits per heavy atom. The van der Waals surface area contributed by atoms with Crippen molar-refractivity contribution in [1.29, 1.82) is 0 Å². The molecule has 0 aliphatic rings. The van der Waals surface area contributed by atoms with Crippen LogP contribution in [0.4, 0.5) is 0 Å². The van der Waals surface area contributed by atoms with Crippen LogP contribution in [0.1, 0.15) is 32.5 Å². The monoisotopic (exact) mass is 299 g/mol. The van der Waals surface area contributed by atoms with Gasteiger partial charge in [-0.1, -0.05) is 25.9 Å². The summed E-state index contributed by atoms with van der Waals surface area (Å²) in [4.78, 5) is 28.5. The Labute approximate surface area is 123 Å². The molecule has 0 aliphatic carbocycles. The Morgan fingerprint density at radius 1 is 1.14 bits per heavy atom. The first-order valence-corrected chi connectivity index (χ1v) is 6.45. The summed E-state index contributed by atoms with van der Waals surface area (Å²) in [5.74, 6) is -0.0368. The van der Waals surface area contributed by atoms with Gasteiger partial charge in [0.1, 0.15) is 0 Å². The molecule has 0 atom stereocenters. The van der Waals surface area contributed by atoms with Crippen molar-refractivity contribution in [3.8, 4) is 0 Å². The van der Waals surface area contributed by atoms with Crippen LogP contribution < -0.4 is 0 Å². The van der Waals surface area contributed by atoms with E-state index in [0.29, 0.717) is 11.7 Å². The second-order valence-corrected chi connectivity index (χ2v) is 5.56. The Bertz CT molecular complexity index is 474. The van der Waals surface area contributed by atoms with Crippen molar-refractivity contribution >= 4 is 11.9 Å². The van der Waals surface area contributed by atoms with Gasteiger partial charge in [0.2, 0.25) is 5.89 Å². The van der Waals surface area contributed by atoms with Crippen molar-refractivity contribution in [2.24, 2.45) is 0 Å². The SMILES string of the molecule is COC(=O)CN(CC(=O)OC)Cc1nc(C(C)(C)C)no1. The summed E-state index contributed by atoms with van der Waals surface area (Å²) >= 11 is 0. The molecule has 8 nitrogen and oxygen atoms in total. The van der Waals surface area contributed by atoms with Crippen LogP contribution in [0.2, 0.25) is 0 Å². The molecule has 118 valence electrons. The standard InChI is InChI=1S/C13H21N3O5/c1-13(2,3)12-14-9(21-15-12)6-16(7-10(17)19-4)8-11(18)20-5/h6-8H2,1-5H3. The minimum Gasteiger partial charge on any atom is -0.468 e. The van der Waals surface area contributed by atoms with Gasteiger partial charge in [-0.2, -0.15) is 4.98 Å². The normalized spacial score (nSPS) is 11.5. The Kier molecular flexibility index (Phi) is 5.83. The van der Waals surface area contributed by atoms with Gasteiger partial charge in [-0.15, -0.1) is 0 Å². The molecule has 0 saturated heterocycles. The van der Waals surface area contributed by atoms with Crippen LogP contribution in [0.5, 0.6) is 0 Å². The van der Waals surface area contributed by atoms with Crippen LogP contribution in [0.3, 0.4) is 0 Å². The van der Waals surface area contributed by atoms with Gasteiger partial charge in [-0.3, -0.25) is 14.5 Å². The number of aromatic nitrogens is 2. The number of ether oxygens (including phenoxy) is 2. The number of carbonyl (C=O) groups is 2. The summed E-state index contributed by atoms with van der Waals surface area (Å²) in [6.07, 6.45) is 0. The molecule has 0 N–H and O–H groups in total. The van der Waals surface area contributed by atoms with Gasteiger partial charge >= 0.3 is 11.9 Å². The molecule has 0 saturated carbocycles. The van der Waals surface area contributed by atoms with Crippen molar-refractivity contribution in [3.05, 3.63) is 11.7 Å². The van der Waals surface area contributed by atoms with E-state index in [9.17, 15) is 9.59 Å². The Balaban J connectivity index is 2.77. The molecule has 0 aliphatic heterocycles. The van der Waals surface area contributed by atoms with Gasteiger partial charge in [-0.05, 0) is 0 Å². The molecule has 0 fully saturated rings. The second kappa shape index (κ2) is 7.16. The van der Waals surface area contributed by atoms with Crippen LogP contribution in [0, 0.1) is 0 Å². The summed E-state index contributed by atoms with van der Waals surface area (Å²) in [6.45, 7) is 5.90. The van der Waals surface area contributed by atoms with E-state index >= 15 is 0 Å². The fourth-order valence-corrected chi connectivity index (χ4v) is 1.48. The van der Waals surface area contributed by atoms with E-state index in [1.165, 1.54) is 19.1 Å². The van der Waals surface area contributed by atoms with Gasteiger partial charge < -0.3 is 14.0 Å². The minimum atomic E-state index is -0.463. The van der Waals surface area contributed by atoms with Gasteiger partial charge in [0.25, 0.3) is 0 Å². The number of hydrogen-bond donors (Lipinski definition) is 0. The molecule has 0 aromatic carbocycles. The van der Waals surface area contributed by atoms with Gasteiger partial charge in [-0.25, -0.2) is 0 Å². The van der Waals surface area contributed by atoms with Crippen molar-refractivity contribution in [1.82, 2.24) is 15.0 Å². The number of esters is 2. The molecular formula is C13H21N3O5. The molecule has 0 spiro atoms. The zero-order valence-electron chi connectivity index (χ0n) is 13.0. The van der Waals surface area contributed by atoms with E-state index in [1.807, 2.05) is 20.8 Å². The lowest BCUT2D eigenvalue weighted by Crippen LogP contribution is -2.35. The van der Waals surface area contributed by atoms with E-state index in [4.69, 9.17) is 4.52 Å². The fourth-order valence-electron chi connectivity index (χ4n) is 1.48. The summed E-state index contributed by atoms with van der Waals surface area (Å²) in [6, 6.07) is 0. The molecule has 1 rings (SSSR count). The largest absolute Gasteiger partial charge is 0.468 e. The molecular weight excluding hydrogens is 278 g/mol. The third-order valence-electron chi connectivity index (χ3n) is 2.66. The zero-order valence-corrected chi connectivity index (χ0v) is 13.0. The number of nitrogens with zero attached hydrogens (tertiary/aromatic N) is 3. The molecule has 21 heavy (non-hydrogen) atoms. The van der Waals surface area contributed by atoms with Crippen LogP contribution in [0.15, 0.2) is 4.52 Å². The maximum Gasteiger partial charge on any atom is 0.319 e. The molecule has 0 bridgehead atoms. The summed E-state index contributed by atoms with van der Waals surface area (Å²) in [5.41, 5.74) is -0.239. The van der Waals surface area contributed by atoms with Crippen LogP contribution >= 0.6 is 0 Å². The van der Waals surface area contributed by atoms with Gasteiger partial charge in [0.05, 0.1) is 33.9 Å². The first kappa shape index (κ1) is 17.1. The number of rotatable bonds is 6. The Morgan fingerprint density at radius 2 is 1.67 bits per heavy atom. The van der Waals surface area contributed by atoms with E-state index in [2.05, 4.69) is 19.6 Å². The van der Waals surface area contributed by atoms with Gasteiger partial charge in [0, 0.05) is 5.41 Å². The average Bonchev–Trinajstić information content (AvgIpc) is 2.86. The topological polar surface area (TPSA) is 94.8 Å². The predicted octanol–water partition coefficient (Wildman–Crippen LogP) is 0.515. The highest BCUT2D eigenvalue weighted by Gasteiger charge is 2.23. The van der Waals surface area contributed by atoms with Crippen LogP contribution in [-0.2, 0) is 31.0 Å². The highest BCUT2D eigenvalue weighted by atomic mass is 16.5. The summed E-state index contributed by atoms with van der Waals surface area (Å²) in [5, 5.41) is 3.89. The van der Waals surface area contributed by atoms with Crippen molar-refractivity contribution in [3.63, 3.8) is 0 Å². The van der Waals surface area contributed by atoms with Crippen LogP contribution in [-0.4, -0.2) is 54.3 Å². The molecule has 0 unspecified atom stereocenters. The smallest absolute Gasteiger partial charge is 0.319 e. The molecule has 1 aromatic rings. The molecule has 0 amide bonds. The number of methoxy groups -OCH3 is 2. The lowest BCUT2D eigenvalue weighted by Gasteiger charge is -2.17. The van der Waals surface area contributed by atoms with E-state index < -0.39 is 11.9 Å². The fraction of sp³-hybridized carbons (Fsp3) is 0.692. The predicted molar refractivity (Wildman–Crippen MR) is 72.3 cm³/mol. The van der Waals surface area contributed by atoms with E-state index in [1.54, 1.807) is 0 Å². The second-order valence-electron chi connectivity index (χ2n) is 5.56. The zero-order chi connectivity index (χ0) is 16.0. The third-order valence-corrected chi connectivity index (χ3v) is 2.66. The van der Waals surface area contributed by atoms with E-state index in [-0.39, 0.29) is 25.0 Å². The van der Waals surface area contributed by atoms with Crippen molar-refractivity contribution in [2.75, 3.05) is 27.3 Å². The van der Waals surface area contributed by atoms with Crippen molar-refractivity contribution < 1.29 is 23.6 Å². The maximum atomic E-state index is 11.4. The lowest BCUT2D eigenvalue weighted by atomic mass is 9.96. The third kappa shape index (κ3) is 5.50. The van der Waals surface area contributed by atoms with Crippen LogP contribution in [0.25, 0.3) is 0 Å².